The molecule has 0 saturated carbocycles. The Kier molecular flexibility index (Phi) is 3.63. The molecule has 0 aliphatic carbocycles. The van der Waals surface area contributed by atoms with Crippen molar-refractivity contribution in [3.05, 3.63) is 53.6 Å². The summed E-state index contributed by atoms with van der Waals surface area (Å²) in [5, 5.41) is 8.58. The van der Waals surface area contributed by atoms with Crippen LogP contribution in [0.25, 0.3) is 17.0 Å². The lowest BCUT2D eigenvalue weighted by atomic mass is 10.1. The van der Waals surface area contributed by atoms with E-state index in [1.807, 2.05) is 47.5 Å². The molecule has 7 nitrogen and oxygen atoms in total. The summed E-state index contributed by atoms with van der Waals surface area (Å²) in [6, 6.07) is 4.01. The standard InChI is InChI=1S/C18H20N6O/c1-11(2)16-8-14(25-22-16)10-23-6-5-19-17(23)15-9-20-24-13(4)7-12(3)21-18(15)24/h5-9,11H,10H2,1-4H3. The molecular weight excluding hydrogens is 316 g/mol. The van der Waals surface area contributed by atoms with Gasteiger partial charge in [-0.25, -0.2) is 14.5 Å². The molecule has 128 valence electrons. The zero-order chi connectivity index (χ0) is 17.6. The number of aromatic nitrogens is 6. The van der Waals surface area contributed by atoms with E-state index >= 15 is 0 Å². The number of fused-ring (bicyclic) bond motifs is 1. The zero-order valence-corrected chi connectivity index (χ0v) is 14.8. The molecule has 0 unspecified atom stereocenters. The highest BCUT2D eigenvalue weighted by atomic mass is 16.5. The highest BCUT2D eigenvalue weighted by molar-refractivity contribution is 5.72. The Labute approximate surface area is 145 Å². The van der Waals surface area contributed by atoms with Gasteiger partial charge in [0, 0.05) is 29.8 Å². The van der Waals surface area contributed by atoms with Crippen LogP contribution >= 0.6 is 0 Å². The van der Waals surface area contributed by atoms with Gasteiger partial charge in [-0.3, -0.25) is 0 Å². The molecule has 0 saturated heterocycles. The number of nitrogens with zero attached hydrogens (tertiary/aromatic N) is 6. The second-order valence-corrected chi connectivity index (χ2v) is 6.58. The zero-order valence-electron chi connectivity index (χ0n) is 14.8. The maximum atomic E-state index is 5.46. The van der Waals surface area contributed by atoms with Crippen LogP contribution < -0.4 is 0 Å². The lowest BCUT2D eigenvalue weighted by Crippen LogP contribution is -2.01. The van der Waals surface area contributed by atoms with Crippen LogP contribution in [0, 0.1) is 13.8 Å². The third-order valence-electron chi connectivity index (χ3n) is 4.23. The van der Waals surface area contributed by atoms with Gasteiger partial charge in [-0.2, -0.15) is 5.10 Å². The lowest BCUT2D eigenvalue weighted by molar-refractivity contribution is 0.369. The fourth-order valence-corrected chi connectivity index (χ4v) is 2.95. The first-order valence-corrected chi connectivity index (χ1v) is 8.32. The van der Waals surface area contributed by atoms with E-state index < -0.39 is 0 Å². The fourth-order valence-electron chi connectivity index (χ4n) is 2.95. The molecule has 0 fully saturated rings. The fraction of sp³-hybridized carbons (Fsp3) is 0.333. The van der Waals surface area contributed by atoms with Crippen LogP contribution in [0.5, 0.6) is 0 Å². The summed E-state index contributed by atoms with van der Waals surface area (Å²) in [4.78, 5) is 9.15. The van der Waals surface area contributed by atoms with E-state index in [4.69, 9.17) is 4.52 Å². The Balaban J connectivity index is 1.74. The Hall–Kier alpha value is -2.96. The number of hydrogen-bond acceptors (Lipinski definition) is 5. The van der Waals surface area contributed by atoms with E-state index in [0.717, 1.165) is 39.9 Å². The number of hydrogen-bond donors (Lipinski definition) is 0. The van der Waals surface area contributed by atoms with Crippen molar-refractivity contribution in [3.8, 4) is 11.4 Å². The molecule has 0 atom stereocenters. The van der Waals surface area contributed by atoms with E-state index in [1.165, 1.54) is 0 Å². The predicted molar refractivity (Wildman–Crippen MR) is 93.4 cm³/mol. The molecule has 7 heteroatoms. The Bertz CT molecular complexity index is 1040. The normalized spacial score (nSPS) is 11.7. The van der Waals surface area contributed by atoms with Gasteiger partial charge in [0.1, 0.15) is 5.82 Å². The summed E-state index contributed by atoms with van der Waals surface area (Å²) in [5.74, 6) is 1.96. The number of rotatable bonds is 4. The minimum atomic E-state index is 0.342. The molecule has 4 aromatic heterocycles. The van der Waals surface area contributed by atoms with E-state index in [2.05, 4.69) is 34.1 Å². The molecule has 0 aliphatic heterocycles. The minimum Gasteiger partial charge on any atom is -0.359 e. The van der Waals surface area contributed by atoms with E-state index in [9.17, 15) is 0 Å². The number of aryl methyl sites for hydroxylation is 2. The third kappa shape index (κ3) is 2.71. The molecular formula is C18H20N6O. The maximum absolute atomic E-state index is 5.46. The van der Waals surface area contributed by atoms with Crippen molar-refractivity contribution >= 4 is 5.65 Å². The minimum absolute atomic E-state index is 0.342. The molecule has 0 bridgehead atoms. The second kappa shape index (κ2) is 5.84. The molecule has 25 heavy (non-hydrogen) atoms. The molecule has 0 radical (unpaired) electrons. The summed E-state index contributed by atoms with van der Waals surface area (Å²) >= 11 is 0. The molecule has 0 N–H and O–H groups in total. The average molecular weight is 336 g/mol. The predicted octanol–water partition coefficient (Wildman–Crippen LogP) is 3.37. The van der Waals surface area contributed by atoms with Gasteiger partial charge in [-0.1, -0.05) is 19.0 Å². The Morgan fingerprint density at radius 3 is 2.80 bits per heavy atom. The molecule has 4 heterocycles. The largest absolute Gasteiger partial charge is 0.359 e. The highest BCUT2D eigenvalue weighted by Gasteiger charge is 2.16. The smallest absolute Gasteiger partial charge is 0.166 e. The molecule has 4 rings (SSSR count). The first-order valence-electron chi connectivity index (χ1n) is 8.32. The van der Waals surface area contributed by atoms with Crippen LogP contribution in [0.1, 0.15) is 42.6 Å². The molecule has 0 aliphatic rings. The van der Waals surface area contributed by atoms with Crippen molar-refractivity contribution in [1.29, 1.82) is 0 Å². The monoisotopic (exact) mass is 336 g/mol. The van der Waals surface area contributed by atoms with E-state index in [-0.39, 0.29) is 0 Å². The molecule has 4 aromatic rings. The average Bonchev–Trinajstić information content (AvgIpc) is 3.26. The molecule has 0 aromatic carbocycles. The van der Waals surface area contributed by atoms with Gasteiger partial charge < -0.3 is 9.09 Å². The summed E-state index contributed by atoms with van der Waals surface area (Å²) in [6.07, 6.45) is 5.52. The van der Waals surface area contributed by atoms with Crippen molar-refractivity contribution < 1.29 is 4.52 Å². The summed E-state index contributed by atoms with van der Waals surface area (Å²) in [5.41, 5.74) is 4.68. The van der Waals surface area contributed by atoms with Crippen molar-refractivity contribution in [2.45, 2.75) is 40.2 Å². The quantitative estimate of drug-likeness (QED) is 0.571. The topological polar surface area (TPSA) is 74.0 Å². The third-order valence-corrected chi connectivity index (χ3v) is 4.23. The van der Waals surface area contributed by atoms with Gasteiger partial charge in [0.05, 0.1) is 24.0 Å². The van der Waals surface area contributed by atoms with E-state index in [0.29, 0.717) is 12.5 Å². The lowest BCUT2D eigenvalue weighted by Gasteiger charge is -2.05. The van der Waals surface area contributed by atoms with E-state index in [1.54, 1.807) is 6.20 Å². The summed E-state index contributed by atoms with van der Waals surface area (Å²) in [7, 11) is 0. The van der Waals surface area contributed by atoms with Gasteiger partial charge in [0.25, 0.3) is 0 Å². The summed E-state index contributed by atoms with van der Waals surface area (Å²) < 4.78 is 9.33. The van der Waals surface area contributed by atoms with Crippen LogP contribution in [0.3, 0.4) is 0 Å². The van der Waals surface area contributed by atoms with Crippen molar-refractivity contribution in [3.63, 3.8) is 0 Å². The Morgan fingerprint density at radius 2 is 2.04 bits per heavy atom. The highest BCUT2D eigenvalue weighted by Crippen LogP contribution is 2.24. The molecule has 0 spiro atoms. The van der Waals surface area contributed by atoms with Gasteiger partial charge in [0.15, 0.2) is 11.4 Å². The SMILES string of the molecule is Cc1cc(C)n2ncc(-c3nccn3Cc3cc(C(C)C)no3)c2n1. The van der Waals surface area contributed by atoms with Gasteiger partial charge in [0.2, 0.25) is 0 Å². The van der Waals surface area contributed by atoms with Crippen LogP contribution in [0.2, 0.25) is 0 Å². The second-order valence-electron chi connectivity index (χ2n) is 6.58. The molecule has 0 amide bonds. The number of imidazole rings is 1. The Morgan fingerprint density at radius 1 is 1.20 bits per heavy atom. The van der Waals surface area contributed by atoms with Gasteiger partial charge in [-0.05, 0) is 25.8 Å². The van der Waals surface area contributed by atoms with Crippen LogP contribution in [-0.4, -0.2) is 29.3 Å². The van der Waals surface area contributed by atoms with Crippen molar-refractivity contribution in [2.24, 2.45) is 0 Å². The maximum Gasteiger partial charge on any atom is 0.166 e. The summed E-state index contributed by atoms with van der Waals surface area (Å²) in [6.45, 7) is 8.77. The van der Waals surface area contributed by atoms with Gasteiger partial charge in [-0.15, -0.1) is 0 Å². The van der Waals surface area contributed by atoms with Gasteiger partial charge >= 0.3 is 0 Å². The van der Waals surface area contributed by atoms with Crippen LogP contribution in [0.4, 0.5) is 0 Å². The van der Waals surface area contributed by atoms with Crippen molar-refractivity contribution in [2.75, 3.05) is 0 Å². The van der Waals surface area contributed by atoms with Crippen molar-refractivity contribution in [1.82, 2.24) is 29.3 Å². The first-order chi connectivity index (χ1) is 12.0. The first kappa shape index (κ1) is 15.6. The van der Waals surface area contributed by atoms with Crippen LogP contribution in [0.15, 0.2) is 35.2 Å². The van der Waals surface area contributed by atoms with Crippen LogP contribution in [-0.2, 0) is 6.54 Å².